The molecule has 2 unspecified atom stereocenters. The first-order chi connectivity index (χ1) is 9.79. The van der Waals surface area contributed by atoms with Gasteiger partial charge in [-0.2, -0.15) is 0 Å². The van der Waals surface area contributed by atoms with Gasteiger partial charge in [-0.3, -0.25) is 4.90 Å². The van der Waals surface area contributed by atoms with E-state index >= 15 is 0 Å². The maximum atomic E-state index is 12.8. The molecule has 1 aliphatic heterocycles. The van der Waals surface area contributed by atoms with Crippen LogP contribution in [0.2, 0.25) is 5.15 Å². The van der Waals surface area contributed by atoms with Crippen LogP contribution >= 0.6 is 11.6 Å². The average Bonchev–Trinajstić information content (AvgIpc) is 2.65. The van der Waals surface area contributed by atoms with Crippen LogP contribution < -0.4 is 9.59 Å². The number of likely N-dealkylation sites (N-methyl/N-ethyl adjacent to an activating group) is 1. The minimum atomic E-state index is -1.25. The van der Waals surface area contributed by atoms with E-state index in [0.29, 0.717) is 12.2 Å². The molecule has 1 saturated heterocycles. The summed E-state index contributed by atoms with van der Waals surface area (Å²) in [6, 6.07) is 2.16. The zero-order valence-electron chi connectivity index (χ0n) is 12.2. The van der Waals surface area contributed by atoms with E-state index in [4.69, 9.17) is 11.6 Å². The summed E-state index contributed by atoms with van der Waals surface area (Å²) in [6.45, 7) is 4.51. The average molecular weight is 312 g/mol. The number of hydrogen-bond donors (Lipinski definition) is 0. The third kappa shape index (κ3) is 2.61. The minimum absolute atomic E-state index is 0.0985. The van der Waals surface area contributed by atoms with E-state index in [1.54, 1.807) is 12.1 Å². The molecule has 1 aliphatic rings. The number of pyridine rings is 1. The molecule has 0 aliphatic carbocycles. The number of rotatable bonds is 4. The minimum Gasteiger partial charge on any atom is -0.548 e. The Morgan fingerprint density at radius 1 is 1.62 bits per heavy atom. The summed E-state index contributed by atoms with van der Waals surface area (Å²) in [5, 5.41) is 11.5. The molecule has 0 spiro atoms. The fourth-order valence-electron chi connectivity index (χ4n) is 2.94. The quantitative estimate of drug-likeness (QED) is 0.611. The SMILES string of the molecule is CC(C)C[N+]1(c2cccnc2Cl)CC(C(=O)[O-])N(C)C1=O. The van der Waals surface area contributed by atoms with Crippen molar-refractivity contribution in [2.24, 2.45) is 5.92 Å². The summed E-state index contributed by atoms with van der Waals surface area (Å²) in [6.07, 6.45) is 1.54. The lowest BCUT2D eigenvalue weighted by Crippen LogP contribution is -2.54. The van der Waals surface area contributed by atoms with Gasteiger partial charge in [0.25, 0.3) is 0 Å². The molecule has 0 radical (unpaired) electrons. The van der Waals surface area contributed by atoms with Gasteiger partial charge in [-0.25, -0.2) is 14.3 Å². The molecule has 2 atom stereocenters. The highest BCUT2D eigenvalue weighted by molar-refractivity contribution is 6.32. The van der Waals surface area contributed by atoms with Gasteiger partial charge in [-0.15, -0.1) is 0 Å². The van der Waals surface area contributed by atoms with Crippen molar-refractivity contribution >= 4 is 29.3 Å². The molecule has 2 heterocycles. The number of carboxylic acids is 1. The van der Waals surface area contributed by atoms with Gasteiger partial charge in [0.15, 0.2) is 10.8 Å². The van der Waals surface area contributed by atoms with Crippen LogP contribution in [-0.2, 0) is 4.79 Å². The van der Waals surface area contributed by atoms with Crippen LogP contribution in [0.4, 0.5) is 10.5 Å². The highest BCUT2D eigenvalue weighted by Crippen LogP contribution is 2.36. The third-order valence-corrected chi connectivity index (χ3v) is 4.06. The van der Waals surface area contributed by atoms with Gasteiger partial charge >= 0.3 is 6.03 Å². The second-order valence-corrected chi connectivity index (χ2v) is 6.13. The van der Waals surface area contributed by atoms with Gasteiger partial charge in [-0.05, 0) is 6.07 Å². The van der Waals surface area contributed by atoms with Crippen molar-refractivity contribution in [2.45, 2.75) is 19.9 Å². The molecule has 0 N–H and O–H groups in total. The number of carbonyl (C=O) groups is 2. The molecule has 0 bridgehead atoms. The molecule has 0 saturated carbocycles. The van der Waals surface area contributed by atoms with Crippen LogP contribution in [0.1, 0.15) is 13.8 Å². The number of amides is 2. The van der Waals surface area contributed by atoms with E-state index in [1.807, 2.05) is 13.8 Å². The lowest BCUT2D eigenvalue weighted by Gasteiger charge is -2.31. The zero-order valence-corrected chi connectivity index (χ0v) is 13.0. The number of urea groups is 1. The Morgan fingerprint density at radius 3 is 2.76 bits per heavy atom. The number of nitrogens with zero attached hydrogens (tertiary/aromatic N) is 3. The fourth-order valence-corrected chi connectivity index (χ4v) is 3.22. The maximum absolute atomic E-state index is 12.8. The fraction of sp³-hybridized carbons (Fsp3) is 0.500. The largest absolute Gasteiger partial charge is 0.548 e. The molecular formula is C14H18ClN3O3. The second kappa shape index (κ2) is 5.61. The molecule has 1 fully saturated rings. The van der Waals surface area contributed by atoms with Crippen molar-refractivity contribution in [1.82, 2.24) is 14.4 Å². The van der Waals surface area contributed by atoms with Gasteiger partial charge in [0.05, 0.1) is 12.5 Å². The van der Waals surface area contributed by atoms with E-state index in [-0.39, 0.29) is 28.1 Å². The molecule has 114 valence electrons. The predicted octanol–water partition coefficient (Wildman–Crippen LogP) is 0.882. The van der Waals surface area contributed by atoms with Gasteiger partial charge in [0, 0.05) is 25.2 Å². The lowest BCUT2D eigenvalue weighted by molar-refractivity contribution is -0.309. The second-order valence-electron chi connectivity index (χ2n) is 5.77. The molecule has 6 nitrogen and oxygen atoms in total. The standard InChI is InChI=1S/C14H18ClN3O3/c1-9(2)7-18(11-5-4-6-16-12(11)15)8-10(13(19)20)17(3)14(18)21/h4-6,9-10H,7-8H2,1-3H3. The first-order valence-electron chi connectivity index (χ1n) is 6.76. The summed E-state index contributed by atoms with van der Waals surface area (Å²) in [5.74, 6) is -1.08. The van der Waals surface area contributed by atoms with Crippen LogP contribution in [0.15, 0.2) is 18.3 Å². The summed E-state index contributed by atoms with van der Waals surface area (Å²) in [4.78, 5) is 29.3. The van der Waals surface area contributed by atoms with Crippen molar-refractivity contribution in [3.63, 3.8) is 0 Å². The van der Waals surface area contributed by atoms with E-state index < -0.39 is 12.0 Å². The predicted molar refractivity (Wildman–Crippen MR) is 77.6 cm³/mol. The Bertz CT molecular complexity index is 578. The first-order valence-corrected chi connectivity index (χ1v) is 7.14. The van der Waals surface area contributed by atoms with Crippen molar-refractivity contribution in [3.8, 4) is 0 Å². The molecule has 2 rings (SSSR count). The number of carboxylic acid groups (broad SMARTS) is 1. The van der Waals surface area contributed by atoms with Crippen LogP contribution in [-0.4, -0.2) is 48.1 Å². The third-order valence-electron chi connectivity index (χ3n) is 3.77. The summed E-state index contributed by atoms with van der Waals surface area (Å²) >= 11 is 6.16. The Morgan fingerprint density at radius 2 is 2.29 bits per heavy atom. The van der Waals surface area contributed by atoms with Crippen LogP contribution in [0, 0.1) is 5.92 Å². The molecule has 21 heavy (non-hydrogen) atoms. The first kappa shape index (κ1) is 15.7. The number of carbonyl (C=O) groups excluding carboxylic acids is 2. The molecule has 2 amide bonds. The van der Waals surface area contributed by atoms with Gasteiger partial charge in [0.2, 0.25) is 0 Å². The molecule has 1 aromatic heterocycles. The smallest absolute Gasteiger partial charge is 0.424 e. The number of aromatic nitrogens is 1. The molecule has 0 aromatic carbocycles. The number of halogens is 1. The Hall–Kier alpha value is -1.66. The monoisotopic (exact) mass is 311 g/mol. The van der Waals surface area contributed by atoms with Crippen molar-refractivity contribution in [1.29, 1.82) is 0 Å². The zero-order chi connectivity index (χ0) is 15.8. The number of aliphatic carboxylic acids is 1. The lowest BCUT2D eigenvalue weighted by atomic mass is 10.1. The molecular weight excluding hydrogens is 294 g/mol. The van der Waals surface area contributed by atoms with Crippen molar-refractivity contribution in [3.05, 3.63) is 23.5 Å². The molecule has 7 heteroatoms. The topological polar surface area (TPSA) is 73.3 Å². The van der Waals surface area contributed by atoms with Crippen molar-refractivity contribution < 1.29 is 14.7 Å². The summed E-state index contributed by atoms with van der Waals surface area (Å²) < 4.78 is -0.139. The van der Waals surface area contributed by atoms with Crippen LogP contribution in [0.25, 0.3) is 0 Å². The number of quaternary nitrogens is 1. The Kier molecular flexibility index (Phi) is 4.20. The normalized spacial score (nSPS) is 25.7. The highest BCUT2D eigenvalue weighted by Gasteiger charge is 2.54. The van der Waals surface area contributed by atoms with Crippen LogP contribution in [0.5, 0.6) is 0 Å². The van der Waals surface area contributed by atoms with Crippen molar-refractivity contribution in [2.75, 3.05) is 20.1 Å². The van der Waals surface area contributed by atoms with E-state index in [1.165, 1.54) is 18.1 Å². The van der Waals surface area contributed by atoms with E-state index in [9.17, 15) is 14.7 Å². The van der Waals surface area contributed by atoms with Crippen LogP contribution in [0.3, 0.4) is 0 Å². The molecule has 1 aromatic rings. The van der Waals surface area contributed by atoms with Gasteiger partial charge < -0.3 is 9.90 Å². The van der Waals surface area contributed by atoms with Gasteiger partial charge in [0.1, 0.15) is 12.6 Å². The Labute approximate surface area is 128 Å². The van der Waals surface area contributed by atoms with Gasteiger partial charge in [-0.1, -0.05) is 25.4 Å². The summed E-state index contributed by atoms with van der Waals surface area (Å²) in [5.41, 5.74) is 0.536. The Balaban J connectivity index is 2.57. The highest BCUT2D eigenvalue weighted by atomic mass is 35.5. The maximum Gasteiger partial charge on any atom is 0.424 e. The van der Waals surface area contributed by atoms with E-state index in [2.05, 4.69) is 4.98 Å². The summed E-state index contributed by atoms with van der Waals surface area (Å²) in [7, 11) is 1.48. The van der Waals surface area contributed by atoms with E-state index in [0.717, 1.165) is 0 Å². The number of hydrogen-bond acceptors (Lipinski definition) is 4.